The molecule has 0 N–H and O–H groups in total. The molecule has 0 amide bonds. The quantitative estimate of drug-likeness (QED) is 0.376. The van der Waals surface area contributed by atoms with Crippen LogP contribution >= 0.6 is 11.6 Å². The highest BCUT2D eigenvalue weighted by Gasteiger charge is 2.12. The zero-order chi connectivity index (χ0) is 11.0. The molecule has 0 fully saturated rings. The van der Waals surface area contributed by atoms with E-state index < -0.39 is 0 Å². The summed E-state index contributed by atoms with van der Waals surface area (Å²) in [6.45, 7) is 4.04. The van der Waals surface area contributed by atoms with Crippen LogP contribution in [0.15, 0.2) is 0 Å². The van der Waals surface area contributed by atoms with Gasteiger partial charge in [-0.3, -0.25) is 9.59 Å². The van der Waals surface area contributed by atoms with Crippen molar-refractivity contribution in [3.8, 4) is 0 Å². The molecule has 4 heteroatoms. The van der Waals surface area contributed by atoms with Gasteiger partial charge < -0.3 is 4.74 Å². The van der Waals surface area contributed by atoms with Crippen molar-refractivity contribution < 1.29 is 14.3 Å². The van der Waals surface area contributed by atoms with E-state index in [1.54, 1.807) is 6.92 Å². The Kier molecular flexibility index (Phi) is 7.48. The number of hydrogen-bond acceptors (Lipinski definition) is 3. The second kappa shape index (κ2) is 7.80. The number of carbonyl (C=O) groups excluding carboxylic acids is 2. The molecule has 0 aliphatic carbocycles. The SMILES string of the molecule is CCOC(=O)C(C)CCCCC(=O)Cl. The molecule has 0 bridgehead atoms. The van der Waals surface area contributed by atoms with Crippen molar-refractivity contribution in [2.24, 2.45) is 5.92 Å². The molecule has 82 valence electrons. The molecule has 0 spiro atoms. The normalized spacial score (nSPS) is 12.2. The van der Waals surface area contributed by atoms with Gasteiger partial charge in [0.15, 0.2) is 0 Å². The Balaban J connectivity index is 3.48. The molecule has 0 saturated heterocycles. The van der Waals surface area contributed by atoms with Crippen LogP contribution in [0.4, 0.5) is 0 Å². The maximum absolute atomic E-state index is 11.2. The fourth-order valence-corrected chi connectivity index (χ4v) is 1.25. The third kappa shape index (κ3) is 6.89. The number of ether oxygens (including phenoxy) is 1. The van der Waals surface area contributed by atoms with E-state index in [0.29, 0.717) is 13.0 Å². The van der Waals surface area contributed by atoms with E-state index in [1.165, 1.54) is 0 Å². The Hall–Kier alpha value is -0.570. The molecule has 0 aliphatic heterocycles. The first kappa shape index (κ1) is 13.4. The van der Waals surface area contributed by atoms with Crippen LogP contribution in [0.25, 0.3) is 0 Å². The highest BCUT2D eigenvalue weighted by molar-refractivity contribution is 6.63. The van der Waals surface area contributed by atoms with Gasteiger partial charge in [0.2, 0.25) is 5.24 Å². The number of rotatable bonds is 7. The molecule has 0 heterocycles. The smallest absolute Gasteiger partial charge is 0.308 e. The molecule has 0 aromatic carbocycles. The fourth-order valence-electron chi connectivity index (χ4n) is 1.12. The Bertz CT molecular complexity index is 192. The van der Waals surface area contributed by atoms with Crippen LogP contribution in [0, 0.1) is 5.92 Å². The predicted molar refractivity (Wildman–Crippen MR) is 55.1 cm³/mol. The minimum atomic E-state index is -0.311. The van der Waals surface area contributed by atoms with Crippen molar-refractivity contribution in [3.05, 3.63) is 0 Å². The van der Waals surface area contributed by atoms with Crippen molar-refractivity contribution in [2.45, 2.75) is 39.5 Å². The molecule has 1 atom stereocenters. The van der Waals surface area contributed by atoms with Gasteiger partial charge in [-0.05, 0) is 31.4 Å². The Labute approximate surface area is 89.8 Å². The number of hydrogen-bond donors (Lipinski definition) is 0. The maximum Gasteiger partial charge on any atom is 0.308 e. The molecule has 0 saturated carbocycles. The lowest BCUT2D eigenvalue weighted by molar-refractivity contribution is -0.147. The van der Waals surface area contributed by atoms with Crippen LogP contribution in [0.3, 0.4) is 0 Å². The van der Waals surface area contributed by atoms with Crippen molar-refractivity contribution >= 4 is 22.8 Å². The fraction of sp³-hybridized carbons (Fsp3) is 0.800. The monoisotopic (exact) mass is 220 g/mol. The zero-order valence-electron chi connectivity index (χ0n) is 8.72. The summed E-state index contributed by atoms with van der Waals surface area (Å²) in [6.07, 6.45) is 2.71. The van der Waals surface area contributed by atoms with Gasteiger partial charge >= 0.3 is 5.97 Å². The standard InChI is InChI=1S/C10H17ClO3/c1-3-14-10(13)8(2)6-4-5-7-9(11)12/h8H,3-7H2,1-2H3. The first-order valence-corrected chi connectivity index (χ1v) is 5.30. The largest absolute Gasteiger partial charge is 0.466 e. The Morgan fingerprint density at radius 1 is 1.36 bits per heavy atom. The van der Waals surface area contributed by atoms with E-state index in [4.69, 9.17) is 16.3 Å². The van der Waals surface area contributed by atoms with Crippen LogP contribution < -0.4 is 0 Å². The lowest BCUT2D eigenvalue weighted by Crippen LogP contribution is -2.14. The number of unbranched alkanes of at least 4 members (excludes halogenated alkanes) is 1. The lowest BCUT2D eigenvalue weighted by Gasteiger charge is -2.09. The molecular weight excluding hydrogens is 204 g/mol. The van der Waals surface area contributed by atoms with Gasteiger partial charge in [-0.1, -0.05) is 13.3 Å². The van der Waals surface area contributed by atoms with Crippen LogP contribution in [0.1, 0.15) is 39.5 Å². The minimum Gasteiger partial charge on any atom is -0.466 e. The average molecular weight is 221 g/mol. The summed E-state index contributed by atoms with van der Waals surface area (Å²) >= 11 is 5.17. The third-order valence-corrected chi connectivity index (χ3v) is 2.14. The van der Waals surface area contributed by atoms with Crippen molar-refractivity contribution in [2.75, 3.05) is 6.61 Å². The van der Waals surface area contributed by atoms with Gasteiger partial charge in [-0.15, -0.1) is 0 Å². The topological polar surface area (TPSA) is 43.4 Å². The molecule has 0 aliphatic rings. The van der Waals surface area contributed by atoms with Gasteiger partial charge in [-0.25, -0.2) is 0 Å². The lowest BCUT2D eigenvalue weighted by atomic mass is 10.0. The third-order valence-electron chi connectivity index (χ3n) is 1.95. The van der Waals surface area contributed by atoms with Crippen molar-refractivity contribution in [1.29, 1.82) is 0 Å². The van der Waals surface area contributed by atoms with Gasteiger partial charge in [-0.2, -0.15) is 0 Å². The molecule has 0 rings (SSSR count). The summed E-state index contributed by atoms with van der Waals surface area (Å²) in [5.41, 5.74) is 0. The summed E-state index contributed by atoms with van der Waals surface area (Å²) in [5, 5.41) is -0.311. The molecular formula is C10H17ClO3. The van der Waals surface area contributed by atoms with Gasteiger partial charge in [0.1, 0.15) is 0 Å². The number of esters is 1. The zero-order valence-corrected chi connectivity index (χ0v) is 9.47. The Morgan fingerprint density at radius 2 is 2.00 bits per heavy atom. The van der Waals surface area contributed by atoms with E-state index in [-0.39, 0.29) is 17.1 Å². The van der Waals surface area contributed by atoms with E-state index in [9.17, 15) is 9.59 Å². The number of carbonyl (C=O) groups is 2. The number of halogens is 1. The predicted octanol–water partition coefficient (Wildman–Crippen LogP) is 2.51. The molecule has 3 nitrogen and oxygen atoms in total. The van der Waals surface area contributed by atoms with Gasteiger partial charge in [0, 0.05) is 6.42 Å². The van der Waals surface area contributed by atoms with E-state index in [0.717, 1.165) is 19.3 Å². The Morgan fingerprint density at radius 3 is 2.50 bits per heavy atom. The van der Waals surface area contributed by atoms with Crippen LogP contribution in [-0.2, 0) is 14.3 Å². The van der Waals surface area contributed by atoms with E-state index >= 15 is 0 Å². The molecule has 1 unspecified atom stereocenters. The highest BCUT2D eigenvalue weighted by atomic mass is 35.5. The molecule has 0 aromatic rings. The average Bonchev–Trinajstić information content (AvgIpc) is 2.12. The second-order valence-corrected chi connectivity index (χ2v) is 3.68. The first-order chi connectivity index (χ1) is 6.57. The van der Waals surface area contributed by atoms with Gasteiger partial charge in [0.25, 0.3) is 0 Å². The maximum atomic E-state index is 11.2. The molecule has 0 radical (unpaired) electrons. The molecule has 14 heavy (non-hydrogen) atoms. The summed E-state index contributed by atoms with van der Waals surface area (Å²) in [7, 11) is 0. The summed E-state index contributed by atoms with van der Waals surface area (Å²) in [5.74, 6) is -0.245. The van der Waals surface area contributed by atoms with E-state index in [2.05, 4.69) is 0 Å². The highest BCUT2D eigenvalue weighted by Crippen LogP contribution is 2.11. The second-order valence-electron chi connectivity index (χ2n) is 3.25. The first-order valence-electron chi connectivity index (χ1n) is 4.92. The van der Waals surface area contributed by atoms with Crippen LogP contribution in [0.2, 0.25) is 0 Å². The van der Waals surface area contributed by atoms with E-state index in [1.807, 2.05) is 6.92 Å². The minimum absolute atomic E-state index is 0.0830. The van der Waals surface area contributed by atoms with Crippen LogP contribution in [-0.4, -0.2) is 17.8 Å². The summed E-state index contributed by atoms with van der Waals surface area (Å²) in [4.78, 5) is 21.6. The summed E-state index contributed by atoms with van der Waals surface area (Å²) in [6, 6.07) is 0. The summed E-state index contributed by atoms with van der Waals surface area (Å²) < 4.78 is 4.85. The van der Waals surface area contributed by atoms with Crippen molar-refractivity contribution in [3.63, 3.8) is 0 Å². The van der Waals surface area contributed by atoms with Crippen molar-refractivity contribution in [1.82, 2.24) is 0 Å². The molecule has 0 aromatic heterocycles. The van der Waals surface area contributed by atoms with Gasteiger partial charge in [0.05, 0.1) is 12.5 Å². The van der Waals surface area contributed by atoms with Crippen LogP contribution in [0.5, 0.6) is 0 Å².